The Hall–Kier alpha value is -4.13. The minimum absolute atomic E-state index is 0.0797. The van der Waals surface area contributed by atoms with Gasteiger partial charge in [0.05, 0.1) is 22.4 Å². The number of nitrogens with two attached hydrogens (primary N) is 1. The Kier molecular flexibility index (Phi) is 5.76. The number of imidazole rings is 1. The number of hydrogen-bond acceptors (Lipinski definition) is 4. The molecule has 34 heavy (non-hydrogen) atoms. The van der Waals surface area contributed by atoms with Crippen LogP contribution in [-0.2, 0) is 4.79 Å². The van der Waals surface area contributed by atoms with Crippen LogP contribution < -0.4 is 16.0 Å². The van der Waals surface area contributed by atoms with Gasteiger partial charge in [-0.05, 0) is 62.2 Å². The quantitative estimate of drug-likeness (QED) is 0.471. The first kappa shape index (κ1) is 21.7. The second kappa shape index (κ2) is 9.02. The zero-order chi connectivity index (χ0) is 23.7. The van der Waals surface area contributed by atoms with Crippen molar-refractivity contribution in [3.05, 3.63) is 84.2 Å². The molecule has 1 saturated heterocycles. The molecule has 2 heterocycles. The summed E-state index contributed by atoms with van der Waals surface area (Å²) >= 11 is 0. The van der Waals surface area contributed by atoms with Crippen molar-refractivity contribution in [1.29, 1.82) is 0 Å². The predicted octanol–water partition coefficient (Wildman–Crippen LogP) is 4.29. The van der Waals surface area contributed by atoms with Crippen molar-refractivity contribution in [3.8, 4) is 5.69 Å². The lowest BCUT2D eigenvalue weighted by Crippen LogP contribution is -2.38. The molecular formula is C27H27N5O2. The summed E-state index contributed by atoms with van der Waals surface area (Å²) in [6.45, 7) is 3.41. The van der Waals surface area contributed by atoms with Crippen LogP contribution in [0.2, 0.25) is 0 Å². The molecule has 3 N–H and O–H groups in total. The molecule has 4 aromatic rings. The zero-order valence-electron chi connectivity index (χ0n) is 19.1. The molecule has 7 heteroatoms. The summed E-state index contributed by atoms with van der Waals surface area (Å²) in [5.74, 6) is 0.363. The number of aryl methyl sites for hydroxylation is 1. The summed E-state index contributed by atoms with van der Waals surface area (Å²) in [4.78, 5) is 31.6. The van der Waals surface area contributed by atoms with Crippen molar-refractivity contribution in [1.82, 2.24) is 9.55 Å². The van der Waals surface area contributed by atoms with E-state index >= 15 is 0 Å². The van der Waals surface area contributed by atoms with Crippen molar-refractivity contribution < 1.29 is 9.59 Å². The Morgan fingerprint density at radius 3 is 2.41 bits per heavy atom. The first-order valence-electron chi connectivity index (χ1n) is 11.5. The number of fused-ring (bicyclic) bond motifs is 1. The topological polar surface area (TPSA) is 93.2 Å². The first-order valence-corrected chi connectivity index (χ1v) is 11.5. The van der Waals surface area contributed by atoms with E-state index in [1.807, 2.05) is 79.7 Å². The molecule has 3 aromatic carbocycles. The number of aromatic nitrogens is 2. The largest absolute Gasteiger partial charge is 0.370 e. The second-order valence-electron chi connectivity index (χ2n) is 8.67. The number of nitrogens with one attached hydrogen (secondary N) is 1. The summed E-state index contributed by atoms with van der Waals surface area (Å²) in [5, 5.41) is 3.07. The Morgan fingerprint density at radius 1 is 0.971 bits per heavy atom. The highest BCUT2D eigenvalue weighted by Gasteiger charge is 2.24. The highest BCUT2D eigenvalue weighted by molar-refractivity contribution is 6.07. The van der Waals surface area contributed by atoms with E-state index < -0.39 is 0 Å². The van der Waals surface area contributed by atoms with E-state index in [0.717, 1.165) is 59.9 Å². The van der Waals surface area contributed by atoms with E-state index in [1.165, 1.54) is 0 Å². The standard InChI is InChI=1S/C27H27N5O2/c1-18-29-23-17-20(11-12-25(23)32(18)21-7-3-2-4-8-21)27(34)30-22-9-5-6-10-24(22)31-15-13-19(14-16-31)26(28)33/h2-12,17,19H,13-16H2,1H3,(H2,28,33)(H,30,34). The summed E-state index contributed by atoms with van der Waals surface area (Å²) in [5.41, 5.74) is 10.5. The maximum Gasteiger partial charge on any atom is 0.255 e. The molecule has 0 aliphatic carbocycles. The van der Waals surface area contributed by atoms with Gasteiger partial charge in [-0.1, -0.05) is 30.3 Å². The van der Waals surface area contributed by atoms with E-state index in [2.05, 4.69) is 19.8 Å². The molecule has 0 bridgehead atoms. The Morgan fingerprint density at radius 2 is 1.68 bits per heavy atom. The molecule has 2 amide bonds. The average Bonchev–Trinajstić information content (AvgIpc) is 3.19. The summed E-state index contributed by atoms with van der Waals surface area (Å²) in [6, 6.07) is 23.4. The highest BCUT2D eigenvalue weighted by Crippen LogP contribution is 2.30. The molecule has 0 atom stereocenters. The predicted molar refractivity (Wildman–Crippen MR) is 134 cm³/mol. The van der Waals surface area contributed by atoms with Crippen molar-refractivity contribution in [2.75, 3.05) is 23.3 Å². The van der Waals surface area contributed by atoms with Crippen molar-refractivity contribution >= 4 is 34.2 Å². The fraction of sp³-hybridized carbons (Fsp3) is 0.222. The number of anilines is 2. The van der Waals surface area contributed by atoms with E-state index in [4.69, 9.17) is 5.73 Å². The lowest BCUT2D eigenvalue weighted by atomic mass is 9.96. The molecule has 1 aliphatic heterocycles. The third kappa shape index (κ3) is 4.12. The lowest BCUT2D eigenvalue weighted by Gasteiger charge is -2.33. The van der Waals surface area contributed by atoms with Gasteiger partial charge in [0.1, 0.15) is 5.82 Å². The number of amides is 2. The Balaban J connectivity index is 1.38. The number of hydrogen-bond donors (Lipinski definition) is 2. The summed E-state index contributed by atoms with van der Waals surface area (Å²) in [6.07, 6.45) is 1.44. The van der Waals surface area contributed by atoms with Gasteiger partial charge in [-0.3, -0.25) is 14.2 Å². The van der Waals surface area contributed by atoms with E-state index in [0.29, 0.717) is 5.56 Å². The van der Waals surface area contributed by atoms with Crippen LogP contribution in [0.5, 0.6) is 0 Å². The van der Waals surface area contributed by atoms with Crippen LogP contribution >= 0.6 is 0 Å². The molecular weight excluding hydrogens is 426 g/mol. The molecule has 5 rings (SSSR count). The number of benzene rings is 3. The number of rotatable bonds is 5. The van der Waals surface area contributed by atoms with Crippen LogP contribution in [0, 0.1) is 12.8 Å². The molecule has 172 valence electrons. The molecule has 0 spiro atoms. The second-order valence-corrected chi connectivity index (χ2v) is 8.67. The van der Waals surface area contributed by atoms with Crippen molar-refractivity contribution in [2.45, 2.75) is 19.8 Å². The van der Waals surface area contributed by atoms with Crippen molar-refractivity contribution in [3.63, 3.8) is 0 Å². The van der Waals surface area contributed by atoms with Gasteiger partial charge in [0.25, 0.3) is 5.91 Å². The smallest absolute Gasteiger partial charge is 0.255 e. The zero-order valence-corrected chi connectivity index (χ0v) is 19.1. The Bertz CT molecular complexity index is 1350. The van der Waals surface area contributed by atoms with Crippen LogP contribution in [-0.4, -0.2) is 34.5 Å². The van der Waals surface area contributed by atoms with Crippen LogP contribution in [0.25, 0.3) is 16.7 Å². The molecule has 0 unspecified atom stereocenters. The van der Waals surface area contributed by atoms with Crippen LogP contribution in [0.1, 0.15) is 29.0 Å². The minimum Gasteiger partial charge on any atom is -0.370 e. The number of nitrogens with zero attached hydrogens (tertiary/aromatic N) is 3. The van der Waals surface area contributed by atoms with Gasteiger partial charge >= 0.3 is 0 Å². The molecule has 0 saturated carbocycles. The number of carbonyl (C=O) groups is 2. The molecule has 1 fully saturated rings. The summed E-state index contributed by atoms with van der Waals surface area (Å²) in [7, 11) is 0. The van der Waals surface area contributed by atoms with Gasteiger partial charge in [-0.2, -0.15) is 0 Å². The van der Waals surface area contributed by atoms with E-state index in [-0.39, 0.29) is 17.7 Å². The minimum atomic E-state index is -0.235. The fourth-order valence-electron chi connectivity index (χ4n) is 4.70. The maximum absolute atomic E-state index is 13.2. The van der Waals surface area contributed by atoms with Gasteiger partial charge in [-0.25, -0.2) is 4.98 Å². The Labute approximate surface area is 198 Å². The fourth-order valence-corrected chi connectivity index (χ4v) is 4.70. The van der Waals surface area contributed by atoms with Gasteiger partial charge in [0.2, 0.25) is 5.91 Å². The first-order chi connectivity index (χ1) is 16.5. The number of carbonyl (C=O) groups excluding carboxylic acids is 2. The molecule has 0 radical (unpaired) electrons. The van der Waals surface area contributed by atoms with Gasteiger partial charge < -0.3 is 16.0 Å². The third-order valence-electron chi connectivity index (χ3n) is 6.49. The van der Waals surface area contributed by atoms with E-state index in [1.54, 1.807) is 0 Å². The van der Waals surface area contributed by atoms with Gasteiger partial charge in [0, 0.05) is 30.3 Å². The number of piperidine rings is 1. The molecule has 1 aliphatic rings. The van der Waals surface area contributed by atoms with Crippen LogP contribution in [0.3, 0.4) is 0 Å². The normalized spacial score (nSPS) is 14.3. The van der Waals surface area contributed by atoms with Gasteiger partial charge in [0.15, 0.2) is 0 Å². The highest BCUT2D eigenvalue weighted by atomic mass is 16.2. The molecule has 1 aromatic heterocycles. The van der Waals surface area contributed by atoms with E-state index in [9.17, 15) is 9.59 Å². The van der Waals surface area contributed by atoms with Crippen LogP contribution in [0.4, 0.5) is 11.4 Å². The maximum atomic E-state index is 13.2. The average molecular weight is 454 g/mol. The van der Waals surface area contributed by atoms with Gasteiger partial charge in [-0.15, -0.1) is 0 Å². The SMILES string of the molecule is Cc1nc2cc(C(=O)Nc3ccccc3N3CCC(C(N)=O)CC3)ccc2n1-c1ccccc1. The molecule has 7 nitrogen and oxygen atoms in total. The number of primary amides is 1. The lowest BCUT2D eigenvalue weighted by molar-refractivity contribution is -0.122. The summed E-state index contributed by atoms with van der Waals surface area (Å²) < 4.78 is 2.09. The van der Waals surface area contributed by atoms with Crippen molar-refractivity contribution in [2.24, 2.45) is 11.7 Å². The number of para-hydroxylation sites is 3. The monoisotopic (exact) mass is 453 g/mol. The van der Waals surface area contributed by atoms with Crippen LogP contribution in [0.15, 0.2) is 72.8 Å². The third-order valence-corrected chi connectivity index (χ3v) is 6.49.